The van der Waals surface area contributed by atoms with Crippen molar-refractivity contribution in [2.75, 3.05) is 33.2 Å². The number of amides is 3. The van der Waals surface area contributed by atoms with Gasteiger partial charge in [-0.2, -0.15) is 0 Å². The van der Waals surface area contributed by atoms with Crippen LogP contribution >= 0.6 is 0 Å². The molecule has 0 spiro atoms. The van der Waals surface area contributed by atoms with Crippen molar-refractivity contribution in [1.82, 2.24) is 20.1 Å². The number of hydrogen-bond donors (Lipinski definition) is 1. The Morgan fingerprint density at radius 1 is 1.27 bits per heavy atom. The Labute approximate surface area is 194 Å². The van der Waals surface area contributed by atoms with E-state index in [4.69, 9.17) is 6.42 Å². The van der Waals surface area contributed by atoms with Gasteiger partial charge in [-0.15, -0.1) is 6.42 Å². The van der Waals surface area contributed by atoms with Gasteiger partial charge in [0.25, 0.3) is 0 Å². The molecule has 170 valence electrons. The third-order valence-corrected chi connectivity index (χ3v) is 6.71. The summed E-state index contributed by atoms with van der Waals surface area (Å²) in [6, 6.07) is 11.9. The zero-order chi connectivity index (χ0) is 23.4. The number of aromatic nitrogens is 1. The van der Waals surface area contributed by atoms with Crippen molar-refractivity contribution in [2.45, 2.75) is 19.3 Å². The Morgan fingerprint density at radius 3 is 2.79 bits per heavy atom. The molecule has 0 bridgehead atoms. The van der Waals surface area contributed by atoms with E-state index in [0.717, 1.165) is 16.7 Å². The topological polar surface area (TPSA) is 82.6 Å². The first-order valence-corrected chi connectivity index (χ1v) is 11.2. The molecule has 33 heavy (non-hydrogen) atoms. The van der Waals surface area contributed by atoms with E-state index < -0.39 is 5.41 Å². The zero-order valence-corrected chi connectivity index (χ0v) is 18.8. The van der Waals surface area contributed by atoms with Crippen molar-refractivity contribution in [3.8, 4) is 23.5 Å². The van der Waals surface area contributed by atoms with Gasteiger partial charge in [-0.25, -0.2) is 0 Å². The highest BCUT2D eigenvalue weighted by atomic mass is 16.2. The van der Waals surface area contributed by atoms with Crippen LogP contribution in [0.15, 0.2) is 48.8 Å². The maximum Gasteiger partial charge on any atom is 0.229 e. The molecular formula is C26H28N4O3. The van der Waals surface area contributed by atoms with E-state index in [1.165, 1.54) is 0 Å². The SMILES string of the molecule is C#CCNC(=O)C1(Cc2ccccc2-c2cccnc2)CCN(C(=O)C2CC(=O)N(C)C2)C1. The van der Waals surface area contributed by atoms with Crippen LogP contribution in [-0.4, -0.2) is 65.7 Å². The molecule has 2 saturated heterocycles. The van der Waals surface area contributed by atoms with Crippen LogP contribution in [0.3, 0.4) is 0 Å². The summed E-state index contributed by atoms with van der Waals surface area (Å²) in [6.07, 6.45) is 10.2. The minimum Gasteiger partial charge on any atom is -0.345 e. The third-order valence-electron chi connectivity index (χ3n) is 6.71. The highest BCUT2D eigenvalue weighted by Crippen LogP contribution is 2.38. The van der Waals surface area contributed by atoms with Gasteiger partial charge in [0.15, 0.2) is 0 Å². The normalized spacial score (nSPS) is 22.3. The predicted molar refractivity (Wildman–Crippen MR) is 125 cm³/mol. The smallest absolute Gasteiger partial charge is 0.229 e. The number of hydrogen-bond acceptors (Lipinski definition) is 4. The van der Waals surface area contributed by atoms with Crippen LogP contribution < -0.4 is 5.32 Å². The summed E-state index contributed by atoms with van der Waals surface area (Å²) in [5, 5.41) is 2.85. The minimum atomic E-state index is -0.792. The molecule has 3 amide bonds. The van der Waals surface area contributed by atoms with E-state index in [2.05, 4.69) is 16.2 Å². The van der Waals surface area contributed by atoms with Gasteiger partial charge in [-0.1, -0.05) is 36.3 Å². The molecule has 0 radical (unpaired) electrons. The number of nitrogens with zero attached hydrogens (tertiary/aromatic N) is 3. The van der Waals surface area contributed by atoms with Gasteiger partial charge >= 0.3 is 0 Å². The van der Waals surface area contributed by atoms with Gasteiger partial charge in [0, 0.05) is 51.1 Å². The van der Waals surface area contributed by atoms with E-state index in [0.29, 0.717) is 32.5 Å². The Morgan fingerprint density at radius 2 is 2.09 bits per heavy atom. The van der Waals surface area contributed by atoms with Gasteiger partial charge < -0.3 is 15.1 Å². The maximum absolute atomic E-state index is 13.4. The summed E-state index contributed by atoms with van der Waals surface area (Å²) in [6.45, 7) is 1.35. The molecule has 2 atom stereocenters. The van der Waals surface area contributed by atoms with Crippen molar-refractivity contribution in [3.05, 3.63) is 54.4 Å². The third kappa shape index (κ3) is 4.61. The van der Waals surface area contributed by atoms with Crippen LogP contribution in [0, 0.1) is 23.7 Å². The van der Waals surface area contributed by atoms with Gasteiger partial charge in [-0.05, 0) is 30.0 Å². The molecule has 1 aromatic heterocycles. The fourth-order valence-electron chi connectivity index (χ4n) is 4.92. The molecule has 2 aromatic rings. The predicted octanol–water partition coefficient (Wildman–Crippen LogP) is 1.74. The average Bonchev–Trinajstić information content (AvgIpc) is 3.42. The summed E-state index contributed by atoms with van der Waals surface area (Å²) in [5.41, 5.74) is 2.22. The van der Waals surface area contributed by atoms with Crippen molar-refractivity contribution in [2.24, 2.45) is 11.3 Å². The summed E-state index contributed by atoms with van der Waals surface area (Å²) >= 11 is 0. The number of likely N-dealkylation sites (tertiary alicyclic amines) is 2. The van der Waals surface area contributed by atoms with Crippen LogP contribution in [0.5, 0.6) is 0 Å². The van der Waals surface area contributed by atoms with Gasteiger partial charge in [0.1, 0.15) is 0 Å². The molecule has 1 aromatic carbocycles. The van der Waals surface area contributed by atoms with E-state index in [1.807, 2.05) is 42.6 Å². The first-order chi connectivity index (χ1) is 15.9. The zero-order valence-electron chi connectivity index (χ0n) is 18.8. The Bertz CT molecular complexity index is 1090. The van der Waals surface area contributed by atoms with Gasteiger partial charge in [0.05, 0.1) is 17.9 Å². The number of nitrogens with one attached hydrogen (secondary N) is 1. The largest absolute Gasteiger partial charge is 0.345 e. The van der Waals surface area contributed by atoms with Gasteiger partial charge in [-0.3, -0.25) is 19.4 Å². The minimum absolute atomic E-state index is 0.0176. The van der Waals surface area contributed by atoms with Crippen LogP contribution in [0.1, 0.15) is 18.4 Å². The summed E-state index contributed by atoms with van der Waals surface area (Å²) < 4.78 is 0. The van der Waals surface area contributed by atoms with Crippen molar-refractivity contribution >= 4 is 17.7 Å². The van der Waals surface area contributed by atoms with E-state index in [9.17, 15) is 14.4 Å². The Balaban J connectivity index is 1.61. The molecule has 0 saturated carbocycles. The fourth-order valence-corrected chi connectivity index (χ4v) is 4.92. The lowest BCUT2D eigenvalue weighted by atomic mass is 9.78. The number of terminal acetylenes is 1. The standard InChI is InChI=1S/C26H28N4O3/c1-3-11-28-25(33)26(10-13-30(18-26)24(32)21-14-23(31)29(2)17-21)15-19-7-4-5-9-22(19)20-8-6-12-27-16-20/h1,4-9,12,16,21H,10-11,13-15,17-18H2,2H3,(H,28,33). The molecule has 7 heteroatoms. The van der Waals surface area contributed by atoms with Crippen molar-refractivity contribution in [1.29, 1.82) is 0 Å². The van der Waals surface area contributed by atoms with E-state index in [1.54, 1.807) is 23.0 Å². The number of benzene rings is 1. The van der Waals surface area contributed by atoms with E-state index in [-0.39, 0.29) is 36.6 Å². The molecule has 2 aliphatic rings. The number of carbonyl (C=O) groups is 3. The molecule has 7 nitrogen and oxygen atoms in total. The summed E-state index contributed by atoms with van der Waals surface area (Å²) in [4.78, 5) is 46.0. The first kappa shape index (κ1) is 22.5. The van der Waals surface area contributed by atoms with Crippen LogP contribution in [0.25, 0.3) is 11.1 Å². The van der Waals surface area contributed by atoms with Crippen molar-refractivity contribution < 1.29 is 14.4 Å². The van der Waals surface area contributed by atoms with Crippen LogP contribution in [0.4, 0.5) is 0 Å². The van der Waals surface area contributed by atoms with Crippen LogP contribution in [-0.2, 0) is 20.8 Å². The fraction of sp³-hybridized carbons (Fsp3) is 0.385. The second kappa shape index (κ2) is 9.45. The second-order valence-electron chi connectivity index (χ2n) is 8.93. The molecule has 3 heterocycles. The number of rotatable bonds is 6. The Kier molecular flexibility index (Phi) is 6.45. The highest BCUT2D eigenvalue weighted by Gasteiger charge is 2.48. The molecule has 2 aliphatic heterocycles. The summed E-state index contributed by atoms with van der Waals surface area (Å²) in [7, 11) is 1.71. The maximum atomic E-state index is 13.4. The summed E-state index contributed by atoms with van der Waals surface area (Å²) in [5.74, 6) is 1.90. The Hall–Kier alpha value is -3.66. The second-order valence-corrected chi connectivity index (χ2v) is 8.93. The van der Waals surface area contributed by atoms with Crippen LogP contribution in [0.2, 0.25) is 0 Å². The first-order valence-electron chi connectivity index (χ1n) is 11.2. The van der Waals surface area contributed by atoms with E-state index >= 15 is 0 Å². The lowest BCUT2D eigenvalue weighted by Gasteiger charge is -2.29. The molecule has 0 aliphatic carbocycles. The highest BCUT2D eigenvalue weighted by molar-refractivity contribution is 5.91. The number of pyridine rings is 1. The quantitative estimate of drug-likeness (QED) is 0.688. The molecular weight excluding hydrogens is 416 g/mol. The van der Waals surface area contributed by atoms with Gasteiger partial charge in [0.2, 0.25) is 17.7 Å². The monoisotopic (exact) mass is 444 g/mol. The molecule has 4 rings (SSSR count). The average molecular weight is 445 g/mol. The molecule has 2 unspecified atom stereocenters. The molecule has 2 fully saturated rings. The molecule has 1 N–H and O–H groups in total. The lowest BCUT2D eigenvalue weighted by molar-refractivity contribution is -0.136. The lowest BCUT2D eigenvalue weighted by Crippen LogP contribution is -2.46. The van der Waals surface area contributed by atoms with Crippen molar-refractivity contribution in [3.63, 3.8) is 0 Å². The number of carbonyl (C=O) groups excluding carboxylic acids is 3.